The van der Waals surface area contributed by atoms with Gasteiger partial charge in [-0.25, -0.2) is 0 Å². The molecule has 0 aromatic rings. The van der Waals surface area contributed by atoms with Crippen LogP contribution in [0.1, 0.15) is 0 Å². The minimum atomic E-state index is -1.68. The third-order valence-electron chi connectivity index (χ3n) is 0.303. The summed E-state index contributed by atoms with van der Waals surface area (Å²) in [5.41, 5.74) is 0. The monoisotopic (exact) mass is 206 g/mol. The minimum Gasteiger partial charge on any atom is -0.424 e. The molecular formula is C4H6MgO8. The maximum atomic E-state index is 9.14. The molecule has 9 heteroatoms. The zero-order chi connectivity index (χ0) is 9.98. The van der Waals surface area contributed by atoms with Crippen molar-refractivity contribution in [2.45, 2.75) is 0 Å². The first kappa shape index (κ1) is 18.1. The molecule has 0 atom stereocenters. The zero-order valence-electron chi connectivity index (χ0n) is 6.97. The van der Waals surface area contributed by atoms with Gasteiger partial charge in [-0.2, -0.15) is 0 Å². The van der Waals surface area contributed by atoms with Gasteiger partial charge in [-0.15, -0.1) is 0 Å². The fraction of sp³-hybridized carbons (Fsp3) is 0.500. The summed E-state index contributed by atoms with van der Waals surface area (Å²) in [6.45, 7) is 0. The first-order valence-corrected chi connectivity index (χ1v) is 2.37. The van der Waals surface area contributed by atoms with Crippen molar-refractivity contribution < 1.29 is 39.4 Å². The summed E-state index contributed by atoms with van der Waals surface area (Å²) >= 11 is 0. The number of hydrogen-bond acceptors (Lipinski definition) is 8. The number of carbonyl (C=O) groups excluding carboxylic acids is 2. The summed E-state index contributed by atoms with van der Waals surface area (Å²) < 4.78 is 0. The summed E-state index contributed by atoms with van der Waals surface area (Å²) in [4.78, 5) is 32.3. The summed E-state index contributed by atoms with van der Waals surface area (Å²) in [5, 5.41) is 18.3. The van der Waals surface area contributed by atoms with Gasteiger partial charge in [0.05, 0.1) is 14.2 Å². The van der Waals surface area contributed by atoms with E-state index in [9.17, 15) is 0 Å². The number of carbonyl (C=O) groups is 2. The van der Waals surface area contributed by atoms with Crippen molar-refractivity contribution in [3.05, 3.63) is 0 Å². The molecular weight excluding hydrogens is 200 g/mol. The molecule has 0 saturated carbocycles. The second kappa shape index (κ2) is 13.8. The Labute approximate surface area is 89.3 Å². The van der Waals surface area contributed by atoms with E-state index in [0.717, 1.165) is 14.2 Å². The fourth-order valence-corrected chi connectivity index (χ4v) is 0.136. The normalized spacial score (nSPS) is 6.92. The van der Waals surface area contributed by atoms with E-state index in [-0.39, 0.29) is 23.1 Å². The van der Waals surface area contributed by atoms with Crippen molar-refractivity contribution in [2.24, 2.45) is 0 Å². The molecule has 72 valence electrons. The van der Waals surface area contributed by atoms with Crippen LogP contribution in [0, 0.1) is 0 Å². The molecule has 8 nitrogen and oxygen atoms in total. The molecule has 0 unspecified atom stereocenters. The molecule has 0 saturated heterocycles. The van der Waals surface area contributed by atoms with Crippen LogP contribution in [0.4, 0.5) is 9.59 Å². The third-order valence-corrected chi connectivity index (χ3v) is 0.303. The van der Waals surface area contributed by atoms with Crippen LogP contribution in [0.5, 0.6) is 0 Å². The average Bonchev–Trinajstić information content (AvgIpc) is 1.87. The Bertz CT molecular complexity index is 120. The van der Waals surface area contributed by atoms with Crippen molar-refractivity contribution in [3.8, 4) is 0 Å². The van der Waals surface area contributed by atoms with Crippen LogP contribution in [0.2, 0.25) is 0 Å². The van der Waals surface area contributed by atoms with Gasteiger partial charge in [0.15, 0.2) is 0 Å². The first-order chi connectivity index (χ1) is 5.54. The van der Waals surface area contributed by atoms with Crippen LogP contribution >= 0.6 is 0 Å². The van der Waals surface area contributed by atoms with E-state index < -0.39 is 12.3 Å². The molecule has 0 spiro atoms. The molecule has 0 aromatic heterocycles. The van der Waals surface area contributed by atoms with Gasteiger partial charge in [0.2, 0.25) is 0 Å². The average molecular weight is 206 g/mol. The fourth-order valence-electron chi connectivity index (χ4n) is 0.136. The van der Waals surface area contributed by atoms with Gasteiger partial charge in [0.25, 0.3) is 12.3 Å². The van der Waals surface area contributed by atoms with Crippen LogP contribution in [0.25, 0.3) is 0 Å². The van der Waals surface area contributed by atoms with E-state index in [4.69, 9.17) is 19.8 Å². The summed E-state index contributed by atoms with van der Waals surface area (Å²) in [6.07, 6.45) is -3.37. The molecule has 0 fully saturated rings. The third kappa shape index (κ3) is 35.0. The summed E-state index contributed by atoms with van der Waals surface area (Å²) in [7, 11) is 2.16. The molecule has 0 aliphatic heterocycles. The Morgan fingerprint density at radius 3 is 1.15 bits per heavy atom. The molecule has 0 heterocycles. The minimum absolute atomic E-state index is 0. The molecule has 0 bridgehead atoms. The quantitative estimate of drug-likeness (QED) is 0.275. The largest absolute Gasteiger partial charge is 2.00 e. The Balaban J connectivity index is -0.000000143. The predicted octanol–water partition coefficient (Wildman–Crippen LogP) is -2.57. The van der Waals surface area contributed by atoms with E-state index in [0.29, 0.717) is 0 Å². The van der Waals surface area contributed by atoms with Crippen molar-refractivity contribution in [1.29, 1.82) is 0 Å². The van der Waals surface area contributed by atoms with Crippen molar-refractivity contribution in [2.75, 3.05) is 14.2 Å². The second-order valence-electron chi connectivity index (χ2n) is 1.00. The van der Waals surface area contributed by atoms with Crippen LogP contribution in [0.15, 0.2) is 0 Å². The number of carboxylic acid groups (broad SMARTS) is 2. The zero-order valence-corrected chi connectivity index (χ0v) is 8.39. The van der Waals surface area contributed by atoms with Crippen LogP contribution in [-0.2, 0) is 19.6 Å². The van der Waals surface area contributed by atoms with E-state index in [2.05, 4.69) is 19.6 Å². The van der Waals surface area contributed by atoms with Gasteiger partial charge in [-0.1, -0.05) is 0 Å². The van der Waals surface area contributed by atoms with Gasteiger partial charge in [-0.05, 0) is 0 Å². The molecule has 0 N–H and O–H groups in total. The van der Waals surface area contributed by atoms with E-state index in [1.807, 2.05) is 0 Å². The predicted molar refractivity (Wildman–Crippen MR) is 32.7 cm³/mol. The number of rotatable bonds is 2. The number of hydrogen-bond donors (Lipinski definition) is 0. The molecule has 0 aliphatic rings. The van der Waals surface area contributed by atoms with E-state index in [1.54, 1.807) is 0 Å². The molecule has 0 amide bonds. The molecule has 0 aromatic carbocycles. The molecule has 13 heavy (non-hydrogen) atoms. The van der Waals surface area contributed by atoms with Gasteiger partial charge >= 0.3 is 23.1 Å². The standard InChI is InChI=1S/2C2H4O4.Mg/c2*1-5-6-2(3)4;/h2*1H3,(H,3,4);/q;;+2/p-2. The van der Waals surface area contributed by atoms with Crippen molar-refractivity contribution >= 4 is 35.4 Å². The SMILES string of the molecule is COOC(=O)[O-].COOC(=O)[O-].[Mg+2]. The topological polar surface area (TPSA) is 117 Å². The Morgan fingerprint density at radius 1 is 0.923 bits per heavy atom. The maximum absolute atomic E-state index is 9.14. The second-order valence-corrected chi connectivity index (χ2v) is 1.00. The Hall–Kier alpha value is -0.774. The van der Waals surface area contributed by atoms with E-state index in [1.165, 1.54) is 0 Å². The van der Waals surface area contributed by atoms with Crippen LogP contribution in [-0.4, -0.2) is 49.6 Å². The van der Waals surface area contributed by atoms with Crippen LogP contribution in [0.3, 0.4) is 0 Å². The Morgan fingerprint density at radius 2 is 1.15 bits per heavy atom. The van der Waals surface area contributed by atoms with Crippen LogP contribution < -0.4 is 10.2 Å². The van der Waals surface area contributed by atoms with Gasteiger partial charge in [0, 0.05) is 0 Å². The van der Waals surface area contributed by atoms with Gasteiger partial charge < -0.3 is 29.6 Å². The molecule has 0 rings (SSSR count). The van der Waals surface area contributed by atoms with Gasteiger partial charge in [0.1, 0.15) is 0 Å². The smallest absolute Gasteiger partial charge is 0.424 e. The van der Waals surface area contributed by atoms with Crippen molar-refractivity contribution in [3.63, 3.8) is 0 Å². The van der Waals surface area contributed by atoms with Gasteiger partial charge in [-0.3, -0.25) is 9.78 Å². The Kier molecular flexibility index (Phi) is 19.2. The molecule has 0 radical (unpaired) electrons. The molecule has 0 aliphatic carbocycles. The van der Waals surface area contributed by atoms with Crippen molar-refractivity contribution in [1.82, 2.24) is 0 Å². The summed E-state index contributed by atoms with van der Waals surface area (Å²) in [6, 6.07) is 0. The van der Waals surface area contributed by atoms with E-state index >= 15 is 0 Å². The first-order valence-electron chi connectivity index (χ1n) is 2.37. The maximum Gasteiger partial charge on any atom is 2.00 e. The summed E-state index contributed by atoms with van der Waals surface area (Å²) in [5.74, 6) is 0.